The minimum atomic E-state index is -3.32. The minimum absolute atomic E-state index is 0.0440. The second-order valence-corrected chi connectivity index (χ2v) is 9.17. The number of amides is 1. The normalized spacial score (nSPS) is 14.6. The average Bonchev–Trinajstić information content (AvgIpc) is 2.66. The minimum Gasteiger partial charge on any atom is -0.352 e. The number of hydrogen-bond donors (Lipinski definition) is 1. The van der Waals surface area contributed by atoms with Crippen molar-refractivity contribution in [1.29, 1.82) is 0 Å². The van der Waals surface area contributed by atoms with Crippen LogP contribution in [0.2, 0.25) is 0 Å². The molecule has 0 spiro atoms. The van der Waals surface area contributed by atoms with Crippen molar-refractivity contribution in [2.24, 2.45) is 0 Å². The highest BCUT2D eigenvalue weighted by Gasteiger charge is 2.26. The molecule has 3 rings (SSSR count). The molecule has 0 saturated carbocycles. The van der Waals surface area contributed by atoms with Crippen LogP contribution in [-0.2, 0) is 23.0 Å². The summed E-state index contributed by atoms with van der Waals surface area (Å²) < 4.78 is 26.8. The van der Waals surface area contributed by atoms with E-state index in [2.05, 4.69) is 11.4 Å². The number of aryl methyl sites for hydroxylation is 2. The molecule has 0 bridgehead atoms. The van der Waals surface area contributed by atoms with Gasteiger partial charge in [0.2, 0.25) is 10.0 Å². The van der Waals surface area contributed by atoms with Crippen molar-refractivity contribution in [3.8, 4) is 0 Å². The smallest absolute Gasteiger partial charge is 0.251 e. The number of fused-ring (bicyclic) bond motifs is 1. The van der Waals surface area contributed by atoms with E-state index < -0.39 is 10.0 Å². The van der Waals surface area contributed by atoms with E-state index in [0.29, 0.717) is 31.6 Å². The highest BCUT2D eigenvalue weighted by atomic mass is 32.2. The van der Waals surface area contributed by atoms with Crippen LogP contribution in [0.4, 0.5) is 0 Å². The number of hydrogen-bond acceptors (Lipinski definition) is 3. The van der Waals surface area contributed by atoms with Crippen LogP contribution >= 0.6 is 0 Å². The molecule has 1 aliphatic heterocycles. The van der Waals surface area contributed by atoms with Gasteiger partial charge >= 0.3 is 0 Å². The molecular formula is C21H26N2O3S. The van der Waals surface area contributed by atoms with Crippen LogP contribution in [0.1, 0.15) is 39.0 Å². The zero-order chi connectivity index (χ0) is 19.4. The molecule has 144 valence electrons. The van der Waals surface area contributed by atoms with Gasteiger partial charge in [-0.1, -0.05) is 30.3 Å². The number of nitrogens with zero attached hydrogens (tertiary/aromatic N) is 1. The molecule has 2 aromatic carbocycles. The van der Waals surface area contributed by atoms with Crippen LogP contribution in [0.5, 0.6) is 0 Å². The Morgan fingerprint density at radius 2 is 1.81 bits per heavy atom. The summed E-state index contributed by atoms with van der Waals surface area (Å²) in [6.07, 6.45) is 1.15. The molecule has 6 heteroatoms. The average molecular weight is 387 g/mol. The summed E-state index contributed by atoms with van der Waals surface area (Å²) in [6, 6.07) is 13.5. The molecule has 0 fully saturated rings. The maximum absolute atomic E-state index is 12.6. The number of carbonyl (C=O) groups excluding carboxylic acids is 1. The molecule has 1 amide bonds. The largest absolute Gasteiger partial charge is 0.352 e. The molecule has 1 N–H and O–H groups in total. The highest BCUT2D eigenvalue weighted by Crippen LogP contribution is 2.21. The van der Waals surface area contributed by atoms with Crippen molar-refractivity contribution in [2.75, 3.05) is 18.8 Å². The fraction of sp³-hybridized carbons (Fsp3) is 0.381. The molecule has 0 saturated heterocycles. The van der Waals surface area contributed by atoms with Gasteiger partial charge in [0.25, 0.3) is 5.91 Å². The number of benzene rings is 2. The van der Waals surface area contributed by atoms with Gasteiger partial charge in [-0.3, -0.25) is 4.79 Å². The van der Waals surface area contributed by atoms with Gasteiger partial charge in [0.1, 0.15) is 0 Å². The molecule has 27 heavy (non-hydrogen) atoms. The molecule has 1 aliphatic rings. The lowest BCUT2D eigenvalue weighted by atomic mass is 10.0. The van der Waals surface area contributed by atoms with Crippen molar-refractivity contribution >= 4 is 15.9 Å². The summed E-state index contributed by atoms with van der Waals surface area (Å²) in [5.74, 6) is -0.120. The van der Waals surface area contributed by atoms with E-state index in [4.69, 9.17) is 0 Å². The number of nitrogens with one attached hydrogen (secondary N) is 1. The molecule has 2 aromatic rings. The van der Waals surface area contributed by atoms with Gasteiger partial charge in [-0.25, -0.2) is 8.42 Å². The standard InChI is InChI=1S/C21H26N2O3S/c1-16-8-9-19(14-17(16)2)21(24)22-11-5-13-27(25,26)23-12-10-18-6-3-4-7-20(18)15-23/h3-4,6-9,14H,5,10-13,15H2,1-2H3,(H,22,24). The zero-order valence-electron chi connectivity index (χ0n) is 15.9. The second kappa shape index (κ2) is 8.23. The van der Waals surface area contributed by atoms with E-state index in [-0.39, 0.29) is 11.7 Å². The molecule has 5 nitrogen and oxygen atoms in total. The van der Waals surface area contributed by atoms with E-state index in [1.807, 2.05) is 44.2 Å². The molecular weight excluding hydrogens is 360 g/mol. The predicted molar refractivity (Wildman–Crippen MR) is 107 cm³/mol. The molecule has 0 atom stereocenters. The summed E-state index contributed by atoms with van der Waals surface area (Å²) >= 11 is 0. The van der Waals surface area contributed by atoms with Gasteiger partial charge < -0.3 is 5.32 Å². The summed E-state index contributed by atoms with van der Waals surface area (Å²) in [5, 5.41) is 2.81. The summed E-state index contributed by atoms with van der Waals surface area (Å²) in [4.78, 5) is 12.2. The Morgan fingerprint density at radius 1 is 1.07 bits per heavy atom. The Hall–Kier alpha value is -2.18. The van der Waals surface area contributed by atoms with Crippen LogP contribution in [0, 0.1) is 13.8 Å². The lowest BCUT2D eigenvalue weighted by molar-refractivity contribution is 0.0953. The van der Waals surface area contributed by atoms with Gasteiger partial charge in [-0.05, 0) is 61.1 Å². The fourth-order valence-corrected chi connectivity index (χ4v) is 4.75. The Bertz CT molecular complexity index is 938. The van der Waals surface area contributed by atoms with Gasteiger partial charge in [-0.15, -0.1) is 0 Å². The van der Waals surface area contributed by atoms with E-state index in [1.165, 1.54) is 5.56 Å². The van der Waals surface area contributed by atoms with Crippen LogP contribution < -0.4 is 5.32 Å². The Morgan fingerprint density at radius 3 is 2.56 bits per heavy atom. The third kappa shape index (κ3) is 4.76. The maximum atomic E-state index is 12.6. The first kappa shape index (κ1) is 19.6. The van der Waals surface area contributed by atoms with Gasteiger partial charge in [0.05, 0.1) is 5.75 Å². The van der Waals surface area contributed by atoms with Crippen LogP contribution in [0.3, 0.4) is 0 Å². The van der Waals surface area contributed by atoms with E-state index in [0.717, 1.165) is 23.1 Å². The molecule has 0 aliphatic carbocycles. The maximum Gasteiger partial charge on any atom is 0.251 e. The van der Waals surface area contributed by atoms with E-state index in [1.54, 1.807) is 10.4 Å². The topological polar surface area (TPSA) is 66.5 Å². The van der Waals surface area contributed by atoms with Crippen LogP contribution in [-0.4, -0.2) is 37.5 Å². The second-order valence-electron chi connectivity index (χ2n) is 7.08. The van der Waals surface area contributed by atoms with E-state index in [9.17, 15) is 13.2 Å². The molecule has 1 heterocycles. The first-order chi connectivity index (χ1) is 12.9. The number of rotatable bonds is 6. The van der Waals surface area contributed by atoms with Crippen molar-refractivity contribution in [1.82, 2.24) is 9.62 Å². The van der Waals surface area contributed by atoms with Gasteiger partial charge in [0.15, 0.2) is 0 Å². The third-order valence-corrected chi connectivity index (χ3v) is 7.03. The van der Waals surface area contributed by atoms with Crippen molar-refractivity contribution in [3.63, 3.8) is 0 Å². The SMILES string of the molecule is Cc1ccc(C(=O)NCCCS(=O)(=O)N2CCc3ccccc3C2)cc1C. The summed E-state index contributed by atoms with van der Waals surface area (Å²) in [5.41, 5.74) is 5.12. The summed E-state index contributed by atoms with van der Waals surface area (Å²) in [7, 11) is -3.32. The monoisotopic (exact) mass is 386 g/mol. The first-order valence-electron chi connectivity index (χ1n) is 9.27. The lowest BCUT2D eigenvalue weighted by Gasteiger charge is -2.28. The van der Waals surface area contributed by atoms with Crippen molar-refractivity contribution in [3.05, 3.63) is 70.3 Å². The Kier molecular flexibility index (Phi) is 5.97. The Balaban J connectivity index is 1.49. The van der Waals surface area contributed by atoms with E-state index >= 15 is 0 Å². The predicted octanol–water partition coefficient (Wildman–Crippen LogP) is 2.81. The van der Waals surface area contributed by atoms with Gasteiger partial charge in [0, 0.05) is 25.2 Å². The first-order valence-corrected chi connectivity index (χ1v) is 10.9. The molecule has 0 unspecified atom stereocenters. The van der Waals surface area contributed by atoms with Gasteiger partial charge in [-0.2, -0.15) is 4.31 Å². The zero-order valence-corrected chi connectivity index (χ0v) is 16.7. The highest BCUT2D eigenvalue weighted by molar-refractivity contribution is 7.89. The Labute approximate surface area is 161 Å². The van der Waals surface area contributed by atoms with Crippen LogP contribution in [0.25, 0.3) is 0 Å². The fourth-order valence-electron chi connectivity index (χ4n) is 3.28. The number of sulfonamides is 1. The lowest BCUT2D eigenvalue weighted by Crippen LogP contribution is -2.38. The molecule has 0 radical (unpaired) electrons. The molecule has 0 aromatic heterocycles. The van der Waals surface area contributed by atoms with Crippen molar-refractivity contribution in [2.45, 2.75) is 33.2 Å². The summed E-state index contributed by atoms with van der Waals surface area (Å²) in [6.45, 7) is 5.27. The quantitative estimate of drug-likeness (QED) is 0.777. The van der Waals surface area contributed by atoms with Crippen molar-refractivity contribution < 1.29 is 13.2 Å². The van der Waals surface area contributed by atoms with Crippen LogP contribution in [0.15, 0.2) is 42.5 Å². The number of carbonyl (C=O) groups is 1. The third-order valence-electron chi connectivity index (χ3n) is 5.12.